The molecule has 0 atom stereocenters. The lowest BCUT2D eigenvalue weighted by atomic mass is 10.5. The van der Waals surface area contributed by atoms with Gasteiger partial charge in [-0.1, -0.05) is 0 Å². The molecule has 0 fully saturated rings. The van der Waals surface area contributed by atoms with Crippen molar-refractivity contribution in [1.82, 2.24) is 9.97 Å². The summed E-state index contributed by atoms with van der Waals surface area (Å²) >= 11 is 0. The molecule has 0 bridgehead atoms. The minimum Gasteiger partial charge on any atom is -0.463 e. The number of carbonyl (C=O) groups is 1. The van der Waals surface area contributed by atoms with Crippen molar-refractivity contribution in [2.75, 3.05) is 24.7 Å². The molecule has 0 amide bonds. The molecule has 94 valence electrons. The molecular weight excluding hydrogens is 248 g/mol. The number of nitrogens with two attached hydrogens (primary N) is 1. The zero-order chi connectivity index (χ0) is 12.9. The van der Waals surface area contributed by atoms with Crippen LogP contribution in [0.2, 0.25) is 0 Å². The van der Waals surface area contributed by atoms with Gasteiger partial charge in [0, 0.05) is 12.7 Å². The van der Waals surface area contributed by atoms with Gasteiger partial charge in [0.2, 0.25) is 15.8 Å². The summed E-state index contributed by atoms with van der Waals surface area (Å²) in [6.45, 7) is 0.0937. The predicted molar refractivity (Wildman–Crippen MR) is 59.8 cm³/mol. The Bertz CT molecular complexity index is 502. The summed E-state index contributed by atoms with van der Waals surface area (Å²) in [7, 11) is -2.31. The van der Waals surface area contributed by atoms with Crippen LogP contribution in [0.15, 0.2) is 12.3 Å². The summed E-state index contributed by atoms with van der Waals surface area (Å²) < 4.78 is 25.8. The zero-order valence-corrected chi connectivity index (χ0v) is 9.90. The molecule has 1 aromatic heterocycles. The van der Waals surface area contributed by atoms with E-state index in [4.69, 9.17) is 5.14 Å². The van der Waals surface area contributed by atoms with Crippen molar-refractivity contribution in [2.24, 2.45) is 5.14 Å². The quantitative estimate of drug-likeness (QED) is 0.648. The molecule has 9 heteroatoms. The highest BCUT2D eigenvalue weighted by molar-refractivity contribution is 7.89. The number of nitrogens with one attached hydrogen (secondary N) is 1. The Morgan fingerprint density at radius 1 is 1.59 bits per heavy atom. The highest BCUT2D eigenvalue weighted by atomic mass is 32.2. The van der Waals surface area contributed by atoms with Crippen LogP contribution in [0, 0.1) is 0 Å². The highest BCUT2D eigenvalue weighted by Gasteiger charge is 2.09. The van der Waals surface area contributed by atoms with Gasteiger partial charge in [0.15, 0.2) is 0 Å². The van der Waals surface area contributed by atoms with Gasteiger partial charge in [-0.15, -0.1) is 0 Å². The molecule has 3 N–H and O–H groups in total. The standard InChI is InChI=1S/C8H12N4O4S/c1-16-8(13)7-11-3-2-6(12-7)10-4-5-17(9,14)15/h2-3H,4-5H2,1H3,(H2,9,14,15)(H,10,11,12). The molecule has 1 aromatic rings. The maximum atomic E-state index is 11.1. The second kappa shape index (κ2) is 5.55. The Balaban J connectivity index is 2.63. The van der Waals surface area contributed by atoms with Crippen LogP contribution >= 0.6 is 0 Å². The van der Waals surface area contributed by atoms with Crippen LogP contribution in [0.5, 0.6) is 0 Å². The molecule has 17 heavy (non-hydrogen) atoms. The summed E-state index contributed by atoms with van der Waals surface area (Å²) in [6.07, 6.45) is 1.36. The third-order valence-electron chi connectivity index (χ3n) is 1.72. The Hall–Kier alpha value is -1.74. The third-order valence-corrected chi connectivity index (χ3v) is 2.49. The minimum atomic E-state index is -3.52. The molecule has 1 heterocycles. The van der Waals surface area contributed by atoms with E-state index in [0.29, 0.717) is 5.82 Å². The number of aromatic nitrogens is 2. The minimum absolute atomic E-state index is 0.0937. The first-order valence-electron chi connectivity index (χ1n) is 4.58. The van der Waals surface area contributed by atoms with Gasteiger partial charge in [0.25, 0.3) is 0 Å². The lowest BCUT2D eigenvalue weighted by Crippen LogP contribution is -2.22. The summed E-state index contributed by atoms with van der Waals surface area (Å²) in [5, 5.41) is 7.53. The van der Waals surface area contributed by atoms with Crippen molar-refractivity contribution >= 4 is 21.8 Å². The number of methoxy groups -OCH3 is 1. The number of anilines is 1. The number of hydrogen-bond acceptors (Lipinski definition) is 7. The van der Waals surface area contributed by atoms with Crippen LogP contribution < -0.4 is 10.5 Å². The molecule has 0 aliphatic rings. The van der Waals surface area contributed by atoms with Gasteiger partial charge in [0.05, 0.1) is 12.9 Å². The number of esters is 1. The Kier molecular flexibility index (Phi) is 4.35. The topological polar surface area (TPSA) is 124 Å². The van der Waals surface area contributed by atoms with Gasteiger partial charge in [-0.3, -0.25) is 0 Å². The molecule has 0 unspecified atom stereocenters. The largest absolute Gasteiger partial charge is 0.463 e. The van der Waals surface area contributed by atoms with Crippen molar-refractivity contribution in [3.63, 3.8) is 0 Å². The van der Waals surface area contributed by atoms with E-state index in [-0.39, 0.29) is 18.1 Å². The van der Waals surface area contributed by atoms with E-state index in [1.54, 1.807) is 0 Å². The summed E-state index contributed by atoms with van der Waals surface area (Å²) in [6, 6.07) is 1.50. The number of carbonyl (C=O) groups excluding carboxylic acids is 1. The number of nitrogens with zero attached hydrogens (tertiary/aromatic N) is 2. The van der Waals surface area contributed by atoms with Crippen molar-refractivity contribution in [3.05, 3.63) is 18.1 Å². The first kappa shape index (κ1) is 13.3. The Morgan fingerprint density at radius 3 is 2.88 bits per heavy atom. The van der Waals surface area contributed by atoms with E-state index in [0.717, 1.165) is 0 Å². The van der Waals surface area contributed by atoms with Gasteiger partial charge >= 0.3 is 5.97 Å². The van der Waals surface area contributed by atoms with Gasteiger partial charge < -0.3 is 10.1 Å². The van der Waals surface area contributed by atoms with Crippen LogP contribution in [0.3, 0.4) is 0 Å². The lowest BCUT2D eigenvalue weighted by molar-refractivity contribution is 0.0587. The van der Waals surface area contributed by atoms with Crippen molar-refractivity contribution in [1.29, 1.82) is 0 Å². The smallest absolute Gasteiger partial charge is 0.376 e. The fourth-order valence-electron chi connectivity index (χ4n) is 0.968. The second-order valence-electron chi connectivity index (χ2n) is 3.05. The van der Waals surface area contributed by atoms with Crippen LogP contribution in [-0.2, 0) is 14.8 Å². The van der Waals surface area contributed by atoms with E-state index in [1.807, 2.05) is 0 Å². The summed E-state index contributed by atoms with van der Waals surface area (Å²) in [5.74, 6) is -0.679. The van der Waals surface area contributed by atoms with E-state index in [9.17, 15) is 13.2 Å². The summed E-state index contributed by atoms with van der Waals surface area (Å²) in [4.78, 5) is 18.6. The van der Waals surface area contributed by atoms with Crippen molar-refractivity contribution in [2.45, 2.75) is 0 Å². The van der Waals surface area contributed by atoms with Crippen LogP contribution in [0.1, 0.15) is 10.6 Å². The maximum Gasteiger partial charge on any atom is 0.376 e. The summed E-state index contributed by atoms with van der Waals surface area (Å²) in [5.41, 5.74) is 0. The Labute approximate surface area is 98.3 Å². The molecule has 0 spiro atoms. The zero-order valence-electron chi connectivity index (χ0n) is 9.08. The van der Waals surface area contributed by atoms with Crippen LogP contribution in [-0.4, -0.2) is 43.8 Å². The highest BCUT2D eigenvalue weighted by Crippen LogP contribution is 2.02. The normalized spacial score (nSPS) is 10.9. The molecule has 0 aliphatic carbocycles. The number of rotatable bonds is 5. The molecule has 8 nitrogen and oxygen atoms in total. The first-order valence-corrected chi connectivity index (χ1v) is 6.29. The second-order valence-corrected chi connectivity index (χ2v) is 4.78. The molecule has 0 saturated carbocycles. The molecule has 0 aromatic carbocycles. The van der Waals surface area contributed by atoms with Gasteiger partial charge in [-0.05, 0) is 6.07 Å². The maximum absolute atomic E-state index is 11.1. The van der Waals surface area contributed by atoms with Crippen molar-refractivity contribution in [3.8, 4) is 0 Å². The molecule has 0 radical (unpaired) electrons. The number of primary sulfonamides is 1. The molecule has 1 rings (SSSR count). The van der Waals surface area contributed by atoms with E-state index >= 15 is 0 Å². The van der Waals surface area contributed by atoms with Crippen LogP contribution in [0.25, 0.3) is 0 Å². The van der Waals surface area contributed by atoms with Gasteiger partial charge in [-0.2, -0.15) is 0 Å². The fourth-order valence-corrected chi connectivity index (χ4v) is 1.35. The average molecular weight is 260 g/mol. The molecular formula is C8H12N4O4S. The third kappa shape index (κ3) is 4.74. The lowest BCUT2D eigenvalue weighted by Gasteiger charge is -2.05. The SMILES string of the molecule is COC(=O)c1nccc(NCCS(N)(=O)=O)n1. The predicted octanol–water partition coefficient (Wildman–Crippen LogP) is -1.04. The van der Waals surface area contributed by atoms with Crippen LogP contribution in [0.4, 0.5) is 5.82 Å². The van der Waals surface area contributed by atoms with E-state index in [2.05, 4.69) is 20.0 Å². The molecule has 0 aliphatic heterocycles. The number of hydrogen-bond donors (Lipinski definition) is 2. The number of ether oxygens (including phenoxy) is 1. The Morgan fingerprint density at radius 2 is 2.29 bits per heavy atom. The van der Waals surface area contributed by atoms with Crippen molar-refractivity contribution < 1.29 is 17.9 Å². The van der Waals surface area contributed by atoms with Gasteiger partial charge in [0.1, 0.15) is 5.82 Å². The number of sulfonamides is 1. The molecule has 0 saturated heterocycles. The monoisotopic (exact) mass is 260 g/mol. The first-order chi connectivity index (χ1) is 7.92. The van der Waals surface area contributed by atoms with E-state index in [1.165, 1.54) is 19.4 Å². The van der Waals surface area contributed by atoms with E-state index < -0.39 is 16.0 Å². The fraction of sp³-hybridized carbons (Fsp3) is 0.375. The van der Waals surface area contributed by atoms with Gasteiger partial charge in [-0.25, -0.2) is 28.3 Å². The average Bonchev–Trinajstić information content (AvgIpc) is 2.27.